The summed E-state index contributed by atoms with van der Waals surface area (Å²) in [6.07, 6.45) is 1.80. The third-order valence-electron chi connectivity index (χ3n) is 11.0. The van der Waals surface area contributed by atoms with Crippen LogP contribution in [0, 0.1) is 13.0 Å². The molecular formula is C55H54N3OPt-. The van der Waals surface area contributed by atoms with E-state index in [-0.39, 0.29) is 43.3 Å². The molecule has 5 heteroatoms. The maximum Gasteiger partial charge on any atom is 0.148 e. The monoisotopic (exact) mass is 976 g/mol. The molecule has 6 aromatic carbocycles. The van der Waals surface area contributed by atoms with Gasteiger partial charge in [0.05, 0.1) is 16.6 Å². The van der Waals surface area contributed by atoms with Gasteiger partial charge in [0.2, 0.25) is 0 Å². The van der Waals surface area contributed by atoms with E-state index in [1.54, 1.807) is 6.20 Å². The number of nitrogens with zero attached hydrogens (tertiary/aromatic N) is 3. The first-order valence-electron chi connectivity index (χ1n) is 24.4. The van der Waals surface area contributed by atoms with Gasteiger partial charge in [-0.15, -0.1) is 29.3 Å². The summed E-state index contributed by atoms with van der Waals surface area (Å²) in [4.78, 5) is 10.1. The zero-order chi connectivity index (χ0) is 49.4. The van der Waals surface area contributed by atoms with Gasteiger partial charge in [-0.1, -0.05) is 170 Å². The van der Waals surface area contributed by atoms with Gasteiger partial charge >= 0.3 is 0 Å². The van der Waals surface area contributed by atoms with E-state index in [0.717, 1.165) is 61.8 Å². The molecule has 1 N–H and O–H groups in total. The van der Waals surface area contributed by atoms with Crippen LogP contribution in [0.2, 0.25) is 0 Å². The molecule has 0 amide bonds. The van der Waals surface area contributed by atoms with Crippen molar-refractivity contribution in [1.82, 2.24) is 14.5 Å². The van der Waals surface area contributed by atoms with E-state index in [1.165, 1.54) is 12.1 Å². The van der Waals surface area contributed by atoms with Gasteiger partial charge in [-0.25, -0.2) is 4.98 Å². The number of aromatic nitrogens is 3. The molecule has 4 nitrogen and oxygen atoms in total. The fourth-order valence-corrected chi connectivity index (χ4v) is 7.74. The first kappa shape index (κ1) is 32.2. The van der Waals surface area contributed by atoms with Gasteiger partial charge in [-0.05, 0) is 86.9 Å². The Morgan fingerprint density at radius 3 is 2.00 bits per heavy atom. The number of aromatic hydroxyl groups is 1. The van der Waals surface area contributed by atoms with Crippen LogP contribution >= 0.6 is 0 Å². The summed E-state index contributed by atoms with van der Waals surface area (Å²) in [6, 6.07) is 46.0. The molecule has 60 heavy (non-hydrogen) atoms. The average Bonchev–Trinajstić information content (AvgIpc) is 3.65. The molecule has 0 radical (unpaired) electrons. The van der Waals surface area contributed by atoms with Crippen LogP contribution in [0.25, 0.3) is 72.7 Å². The molecule has 306 valence electrons. The second-order valence-electron chi connectivity index (χ2n) is 17.5. The van der Waals surface area contributed by atoms with Crippen molar-refractivity contribution in [1.29, 1.82) is 0 Å². The Labute approximate surface area is 383 Å². The van der Waals surface area contributed by atoms with E-state index in [0.29, 0.717) is 22.3 Å². The third kappa shape index (κ3) is 8.28. The van der Waals surface area contributed by atoms with Gasteiger partial charge in [-0.3, -0.25) is 9.55 Å². The first-order valence-corrected chi connectivity index (χ1v) is 19.9. The molecule has 2 heterocycles. The smallest absolute Gasteiger partial charge is 0.148 e. The second-order valence-corrected chi connectivity index (χ2v) is 17.5. The third-order valence-corrected chi connectivity index (χ3v) is 11.0. The Morgan fingerprint density at radius 1 is 0.600 bits per heavy atom. The zero-order valence-corrected chi connectivity index (χ0v) is 37.2. The molecule has 0 bridgehead atoms. The summed E-state index contributed by atoms with van der Waals surface area (Å²) in [5, 5.41) is 12.4. The Hall–Kier alpha value is -5.57. The molecule has 0 unspecified atom stereocenters. The molecule has 2 aromatic heterocycles. The zero-order valence-electron chi connectivity index (χ0n) is 43.9. The predicted octanol–water partition coefficient (Wildman–Crippen LogP) is 14.5. The Bertz CT molecular complexity index is 3140. The molecule has 0 aliphatic heterocycles. The van der Waals surface area contributed by atoms with Crippen LogP contribution in [-0.2, 0) is 37.3 Å². The van der Waals surface area contributed by atoms with Crippen LogP contribution in [0.1, 0.15) is 96.7 Å². The number of para-hydroxylation sites is 2. The van der Waals surface area contributed by atoms with E-state index in [2.05, 4.69) is 115 Å². The standard InChI is InChI=1S/C55H54N3O.Pt/c1-35-22-24-36(25-23-35)38-28-29-56-48(33-38)40-30-39(31-41(32-40)53(2,3)4)44-18-15-21-49-50(44)57-52(45-19-14-20-46(51(45)59)54(5,6)7)58(49)42-26-27-43(37-16-12-11-13-17-37)47(34-42)55(8,9)10;/h11-29,31-34,59H,1-10H3;/q-1;/i5D3,6D3,7D3;. The van der Waals surface area contributed by atoms with E-state index in [1.807, 2.05) is 59.2 Å². The molecule has 0 aliphatic rings. The largest absolute Gasteiger partial charge is 0.507 e. The van der Waals surface area contributed by atoms with E-state index in [9.17, 15) is 5.11 Å². The van der Waals surface area contributed by atoms with Gasteiger partial charge in [0.15, 0.2) is 0 Å². The summed E-state index contributed by atoms with van der Waals surface area (Å²) < 4.78 is 78.3. The van der Waals surface area contributed by atoms with Gasteiger partial charge in [0, 0.05) is 51.0 Å². The van der Waals surface area contributed by atoms with Crippen molar-refractivity contribution in [3.05, 3.63) is 168 Å². The minimum Gasteiger partial charge on any atom is -0.507 e. The van der Waals surface area contributed by atoms with E-state index < -0.39 is 37.3 Å². The number of rotatable bonds is 6. The summed E-state index contributed by atoms with van der Waals surface area (Å²) >= 11 is 0. The van der Waals surface area contributed by atoms with Crippen molar-refractivity contribution < 1.29 is 38.5 Å². The van der Waals surface area contributed by atoms with Gasteiger partial charge in [0.1, 0.15) is 11.6 Å². The van der Waals surface area contributed by atoms with Crippen LogP contribution in [-0.4, -0.2) is 19.6 Å². The van der Waals surface area contributed by atoms with Crippen LogP contribution in [0.15, 0.2) is 140 Å². The van der Waals surface area contributed by atoms with Crippen LogP contribution < -0.4 is 0 Å². The van der Waals surface area contributed by atoms with Gasteiger partial charge in [-0.2, -0.15) is 0 Å². The predicted molar refractivity (Wildman–Crippen MR) is 247 cm³/mol. The van der Waals surface area contributed by atoms with Gasteiger partial charge < -0.3 is 5.11 Å². The summed E-state index contributed by atoms with van der Waals surface area (Å²) in [7, 11) is 0. The van der Waals surface area contributed by atoms with Crippen molar-refractivity contribution in [2.24, 2.45) is 0 Å². The second kappa shape index (κ2) is 16.1. The number of imidazole rings is 1. The van der Waals surface area contributed by atoms with Crippen LogP contribution in [0.4, 0.5) is 0 Å². The SMILES string of the molecule is [2H]C([2H])([2H])C(c1cccc(-c2nc3c(-c4[c-]c(-c5cc(-c6ccc(C)cc6)ccn5)cc(C(C)(C)C)c4)cccc3n2-c2ccc(-c3ccccc3)c(C(C)(C)C)c2)c1O)(C([2H])([2H])[2H])C([2H])([2H])[2H].[Pt]. The molecule has 0 spiro atoms. The fourth-order valence-electron chi connectivity index (χ4n) is 7.74. The number of pyridine rings is 1. The molecular weight excluding hydrogens is 914 g/mol. The minimum absolute atomic E-state index is 0. The van der Waals surface area contributed by atoms with E-state index in [4.69, 9.17) is 22.3 Å². The number of fused-ring (bicyclic) bond motifs is 1. The van der Waals surface area contributed by atoms with Crippen LogP contribution in [0.5, 0.6) is 5.75 Å². The Morgan fingerprint density at radius 2 is 1.30 bits per heavy atom. The molecule has 0 saturated heterocycles. The topological polar surface area (TPSA) is 50.9 Å². The number of hydrogen-bond acceptors (Lipinski definition) is 3. The molecule has 0 aliphatic carbocycles. The Kier molecular flexibility index (Phi) is 8.66. The minimum atomic E-state index is -3.61. The van der Waals surface area contributed by atoms with Crippen molar-refractivity contribution in [2.75, 3.05) is 0 Å². The van der Waals surface area contributed by atoms with Crippen molar-refractivity contribution in [2.45, 2.75) is 85.3 Å². The maximum atomic E-state index is 12.4. The molecule has 8 rings (SSSR count). The van der Waals surface area contributed by atoms with Crippen molar-refractivity contribution in [3.63, 3.8) is 0 Å². The number of hydrogen-bond donors (Lipinski definition) is 1. The normalized spacial score (nSPS) is 14.9. The quantitative estimate of drug-likeness (QED) is 0.169. The van der Waals surface area contributed by atoms with Gasteiger partial charge in [0.25, 0.3) is 0 Å². The Balaban J connectivity index is 0.00000703. The molecule has 0 atom stereocenters. The number of phenols is 1. The number of aryl methyl sites for hydroxylation is 1. The number of benzene rings is 6. The molecule has 0 saturated carbocycles. The van der Waals surface area contributed by atoms with Crippen molar-refractivity contribution in [3.8, 4) is 67.5 Å². The van der Waals surface area contributed by atoms with E-state index >= 15 is 0 Å². The molecule has 0 fully saturated rings. The average molecular weight is 977 g/mol. The first-order chi connectivity index (χ1) is 31.7. The summed E-state index contributed by atoms with van der Waals surface area (Å²) in [6.45, 7) is 4.01. The summed E-state index contributed by atoms with van der Waals surface area (Å²) in [5.41, 5.74) is 7.01. The number of phenolic OH excluding ortho intramolecular Hbond substituents is 1. The fraction of sp³-hybridized carbons (Fsp3) is 0.236. The van der Waals surface area contributed by atoms with Crippen LogP contribution in [0.3, 0.4) is 0 Å². The molecule has 8 aromatic rings. The summed E-state index contributed by atoms with van der Waals surface area (Å²) in [5.74, 6) is -0.677. The maximum absolute atomic E-state index is 12.4. The van der Waals surface area contributed by atoms with Crippen molar-refractivity contribution >= 4 is 11.0 Å².